The van der Waals surface area contributed by atoms with E-state index in [1.807, 2.05) is 4.90 Å². The molecule has 0 radical (unpaired) electrons. The lowest BCUT2D eigenvalue weighted by atomic mass is 10.00. The number of hydrogen-bond donors (Lipinski definition) is 2. The summed E-state index contributed by atoms with van der Waals surface area (Å²) in [5, 5.41) is 30.1. The summed E-state index contributed by atoms with van der Waals surface area (Å²) in [6.45, 7) is 2.03. The smallest absolute Gasteiger partial charge is 0.230 e. The topological polar surface area (TPSA) is 83.2 Å². The average Bonchev–Trinajstić information content (AvgIpc) is 2.86. The molecular weight excluding hydrogens is 399 g/mol. The number of nitrogens with one attached hydrogen (secondary N) is 1. The maximum atomic E-state index is 14.6. The van der Waals surface area contributed by atoms with Gasteiger partial charge in [0.15, 0.2) is 12.4 Å². The Balaban J connectivity index is 1.82. The van der Waals surface area contributed by atoms with Gasteiger partial charge >= 0.3 is 0 Å². The number of oxime groups is 1. The molecule has 1 saturated heterocycles. The molecule has 0 aliphatic carbocycles. The van der Waals surface area contributed by atoms with E-state index in [1.54, 1.807) is 36.4 Å². The van der Waals surface area contributed by atoms with Crippen molar-refractivity contribution >= 4 is 28.8 Å². The number of anilines is 1. The first-order valence-electron chi connectivity index (χ1n) is 9.26. The SMILES string of the molecule is [O-][N+]1=C(c2ccccc2F)c2cc(Cl)ccc2NC(C(=NO)N2CCOCC2)C1. The molecule has 0 spiro atoms. The lowest BCUT2D eigenvalue weighted by molar-refractivity contribution is -0.455. The average molecular weight is 419 g/mol. The number of hydroxylamine groups is 1. The van der Waals surface area contributed by atoms with Crippen LogP contribution in [0.4, 0.5) is 10.1 Å². The number of amidine groups is 1. The summed E-state index contributed by atoms with van der Waals surface area (Å²) in [6, 6.07) is 10.6. The van der Waals surface area contributed by atoms with E-state index in [0.29, 0.717) is 48.4 Å². The predicted molar refractivity (Wildman–Crippen MR) is 109 cm³/mol. The molecule has 9 heteroatoms. The molecule has 152 valence electrons. The highest BCUT2D eigenvalue weighted by molar-refractivity contribution is 6.31. The lowest BCUT2D eigenvalue weighted by Crippen LogP contribution is -2.50. The van der Waals surface area contributed by atoms with Crippen LogP contribution in [0.25, 0.3) is 0 Å². The second kappa shape index (κ2) is 8.26. The number of benzene rings is 2. The summed E-state index contributed by atoms with van der Waals surface area (Å²) in [5.74, 6) is -0.165. The van der Waals surface area contributed by atoms with Gasteiger partial charge in [0.2, 0.25) is 5.71 Å². The third-order valence-electron chi connectivity index (χ3n) is 5.04. The number of halogens is 2. The fourth-order valence-electron chi connectivity index (χ4n) is 3.69. The van der Waals surface area contributed by atoms with Crippen molar-refractivity contribution in [3.63, 3.8) is 0 Å². The second-order valence-corrected chi connectivity index (χ2v) is 7.27. The summed E-state index contributed by atoms with van der Waals surface area (Å²) >= 11 is 6.18. The standard InChI is InChI=1S/C20H20ClFN4O3/c21-13-5-6-17-15(11-13)19(14-3-1-2-4-16(14)22)26(28)12-18(23-17)20(24-27)25-7-9-29-10-8-25/h1-6,11,18,23,27H,7-10,12H2. The molecule has 2 aliphatic heterocycles. The van der Waals surface area contributed by atoms with Gasteiger partial charge in [0, 0.05) is 23.8 Å². The fraction of sp³-hybridized carbons (Fsp3) is 0.300. The Labute approximate surface area is 172 Å². The molecule has 2 aromatic rings. The van der Waals surface area contributed by atoms with Gasteiger partial charge in [0.25, 0.3) is 0 Å². The third-order valence-corrected chi connectivity index (χ3v) is 5.28. The molecule has 2 aromatic carbocycles. The Hall–Kier alpha value is -2.84. The molecule has 0 aromatic heterocycles. The van der Waals surface area contributed by atoms with Crippen LogP contribution in [0.15, 0.2) is 47.6 Å². The number of benzodiazepines with no additional fused rings is 1. The van der Waals surface area contributed by atoms with Gasteiger partial charge < -0.3 is 25.4 Å². The first-order valence-corrected chi connectivity index (χ1v) is 9.64. The first-order chi connectivity index (χ1) is 14.1. The van der Waals surface area contributed by atoms with E-state index in [0.717, 1.165) is 4.74 Å². The molecule has 29 heavy (non-hydrogen) atoms. The van der Waals surface area contributed by atoms with Gasteiger partial charge in [-0.1, -0.05) is 28.9 Å². The van der Waals surface area contributed by atoms with Crippen molar-refractivity contribution in [2.75, 3.05) is 38.2 Å². The van der Waals surface area contributed by atoms with E-state index in [4.69, 9.17) is 16.3 Å². The van der Waals surface area contributed by atoms with E-state index in [-0.39, 0.29) is 17.8 Å². The minimum atomic E-state index is -0.611. The maximum absolute atomic E-state index is 14.6. The number of nitrogens with zero attached hydrogens (tertiary/aromatic N) is 3. The van der Waals surface area contributed by atoms with E-state index >= 15 is 0 Å². The molecule has 2 N–H and O–H groups in total. The molecule has 1 unspecified atom stereocenters. The Morgan fingerprint density at radius 2 is 2.00 bits per heavy atom. The van der Waals surface area contributed by atoms with E-state index in [9.17, 15) is 14.8 Å². The van der Waals surface area contributed by atoms with Crippen LogP contribution < -0.4 is 5.32 Å². The Kier molecular flexibility index (Phi) is 5.55. The third kappa shape index (κ3) is 3.86. The molecule has 4 rings (SSSR count). The van der Waals surface area contributed by atoms with Crippen molar-refractivity contribution in [3.8, 4) is 0 Å². The molecule has 7 nitrogen and oxygen atoms in total. The van der Waals surface area contributed by atoms with Crippen molar-refractivity contribution in [1.29, 1.82) is 0 Å². The maximum Gasteiger partial charge on any atom is 0.230 e. The van der Waals surface area contributed by atoms with Gasteiger partial charge in [-0.05, 0) is 30.3 Å². The minimum Gasteiger partial charge on any atom is -0.623 e. The van der Waals surface area contributed by atoms with Crippen LogP contribution in [0.1, 0.15) is 11.1 Å². The normalized spacial score (nSPS) is 20.1. The second-order valence-electron chi connectivity index (χ2n) is 6.83. The highest BCUT2D eigenvalue weighted by atomic mass is 35.5. The van der Waals surface area contributed by atoms with Crippen molar-refractivity contribution in [2.45, 2.75) is 6.04 Å². The molecule has 1 fully saturated rings. The number of rotatable bonds is 2. The fourth-order valence-corrected chi connectivity index (χ4v) is 3.86. The summed E-state index contributed by atoms with van der Waals surface area (Å²) in [6.07, 6.45) is 0. The Morgan fingerprint density at radius 3 is 2.72 bits per heavy atom. The Bertz CT molecular complexity index is 976. The van der Waals surface area contributed by atoms with E-state index < -0.39 is 11.9 Å². The van der Waals surface area contributed by atoms with Gasteiger partial charge in [0.05, 0.1) is 24.3 Å². The van der Waals surface area contributed by atoms with E-state index in [2.05, 4.69) is 10.5 Å². The number of ether oxygens (including phenoxy) is 1. The summed E-state index contributed by atoms with van der Waals surface area (Å²) in [5.41, 5.74) is 1.45. The van der Waals surface area contributed by atoms with Gasteiger partial charge in [-0.3, -0.25) is 0 Å². The number of fused-ring (bicyclic) bond motifs is 1. The van der Waals surface area contributed by atoms with Crippen molar-refractivity contribution in [2.24, 2.45) is 5.16 Å². The number of hydrogen-bond acceptors (Lipinski definition) is 5. The van der Waals surface area contributed by atoms with Gasteiger partial charge in [-0.15, -0.1) is 0 Å². The van der Waals surface area contributed by atoms with Crippen LogP contribution in [0.3, 0.4) is 0 Å². The predicted octanol–water partition coefficient (Wildman–Crippen LogP) is 2.74. The zero-order valence-corrected chi connectivity index (χ0v) is 16.3. The molecule has 2 aliphatic rings. The van der Waals surface area contributed by atoms with Crippen LogP contribution >= 0.6 is 11.6 Å². The number of morpholine rings is 1. The highest BCUT2D eigenvalue weighted by Gasteiger charge is 2.34. The quantitative estimate of drug-likeness (QED) is 0.196. The molecule has 0 saturated carbocycles. The molecule has 1 atom stereocenters. The van der Waals surface area contributed by atoms with Crippen LogP contribution in [0, 0.1) is 11.0 Å². The zero-order valence-electron chi connectivity index (χ0n) is 15.5. The van der Waals surface area contributed by atoms with E-state index in [1.165, 1.54) is 6.07 Å². The van der Waals surface area contributed by atoms with Crippen LogP contribution in [-0.4, -0.2) is 65.3 Å². The molecule has 0 bridgehead atoms. The van der Waals surface area contributed by atoms with Gasteiger partial charge in [-0.2, -0.15) is 0 Å². The molecular formula is C20H20ClFN4O3. The largest absolute Gasteiger partial charge is 0.623 e. The summed E-state index contributed by atoms with van der Waals surface area (Å²) < 4.78 is 20.6. The van der Waals surface area contributed by atoms with Crippen LogP contribution in [0.5, 0.6) is 0 Å². The minimum absolute atomic E-state index is 0.0767. The van der Waals surface area contributed by atoms with Crippen molar-refractivity contribution < 1.29 is 19.1 Å². The van der Waals surface area contributed by atoms with Gasteiger partial charge in [-0.25, -0.2) is 9.13 Å². The molecule has 2 heterocycles. The first kappa shape index (κ1) is 19.5. The van der Waals surface area contributed by atoms with Crippen LogP contribution in [0.2, 0.25) is 5.02 Å². The lowest BCUT2D eigenvalue weighted by Gasteiger charge is -2.32. The Morgan fingerprint density at radius 1 is 1.24 bits per heavy atom. The summed E-state index contributed by atoms with van der Waals surface area (Å²) in [7, 11) is 0. The van der Waals surface area contributed by atoms with Crippen molar-refractivity contribution in [1.82, 2.24) is 4.90 Å². The van der Waals surface area contributed by atoms with Crippen molar-refractivity contribution in [3.05, 3.63) is 69.6 Å². The zero-order chi connectivity index (χ0) is 20.4. The molecule has 0 amide bonds. The van der Waals surface area contributed by atoms with Crippen LogP contribution in [-0.2, 0) is 4.74 Å². The highest BCUT2D eigenvalue weighted by Crippen LogP contribution is 2.28. The monoisotopic (exact) mass is 418 g/mol. The summed E-state index contributed by atoms with van der Waals surface area (Å²) in [4.78, 5) is 1.87. The van der Waals surface area contributed by atoms with Gasteiger partial charge in [0.1, 0.15) is 11.9 Å².